The van der Waals surface area contributed by atoms with Gasteiger partial charge in [-0.05, 0) is 37.3 Å². The standard InChI is InChI=1S/C21H26N6O2.HI/c1-4-29-18-8-6-5-7-16(18)13-23-21(22-2)24-14-19-25-20(27-26-19)15-9-11-17(28-3)12-10-15;/h5-12H,4,13-14H2,1-3H3,(H2,22,23,24)(H,25,26,27);1H. The van der Waals surface area contributed by atoms with E-state index in [2.05, 4.69) is 30.8 Å². The lowest BCUT2D eigenvalue weighted by Crippen LogP contribution is -2.36. The van der Waals surface area contributed by atoms with Crippen LogP contribution in [0.2, 0.25) is 0 Å². The fourth-order valence-corrected chi connectivity index (χ4v) is 2.76. The van der Waals surface area contributed by atoms with Crippen molar-refractivity contribution in [3.8, 4) is 22.9 Å². The van der Waals surface area contributed by atoms with Crippen LogP contribution in [0.3, 0.4) is 0 Å². The molecule has 0 amide bonds. The predicted octanol–water partition coefficient (Wildman–Crippen LogP) is 3.36. The van der Waals surface area contributed by atoms with E-state index in [1.165, 1.54) is 0 Å². The molecular weight excluding hydrogens is 495 g/mol. The Bertz CT molecular complexity index is 943. The molecule has 2 aromatic carbocycles. The maximum atomic E-state index is 5.66. The molecule has 0 spiro atoms. The first-order chi connectivity index (χ1) is 14.2. The van der Waals surface area contributed by atoms with Crippen LogP contribution in [0.5, 0.6) is 11.5 Å². The van der Waals surface area contributed by atoms with E-state index in [1.54, 1.807) is 14.2 Å². The van der Waals surface area contributed by atoms with E-state index >= 15 is 0 Å². The molecule has 1 heterocycles. The topological polar surface area (TPSA) is 96.4 Å². The highest BCUT2D eigenvalue weighted by molar-refractivity contribution is 14.0. The minimum absolute atomic E-state index is 0. The van der Waals surface area contributed by atoms with Gasteiger partial charge in [-0.2, -0.15) is 5.10 Å². The number of aliphatic imine (C=N–C) groups is 1. The van der Waals surface area contributed by atoms with E-state index < -0.39 is 0 Å². The second-order valence-electron chi connectivity index (χ2n) is 6.15. The van der Waals surface area contributed by atoms with Gasteiger partial charge in [0.1, 0.15) is 17.3 Å². The van der Waals surface area contributed by atoms with Gasteiger partial charge in [0.15, 0.2) is 11.8 Å². The van der Waals surface area contributed by atoms with Gasteiger partial charge in [0, 0.05) is 24.7 Å². The Hall–Kier alpha value is -2.82. The zero-order valence-corrected chi connectivity index (χ0v) is 19.6. The molecule has 1 aromatic heterocycles. The number of nitrogens with zero attached hydrogens (tertiary/aromatic N) is 3. The van der Waals surface area contributed by atoms with Crippen molar-refractivity contribution in [3.63, 3.8) is 0 Å². The third-order valence-corrected chi connectivity index (χ3v) is 4.25. The van der Waals surface area contributed by atoms with Crippen LogP contribution in [0.15, 0.2) is 53.5 Å². The normalized spacial score (nSPS) is 10.8. The summed E-state index contributed by atoms with van der Waals surface area (Å²) >= 11 is 0. The highest BCUT2D eigenvalue weighted by Gasteiger charge is 2.08. The van der Waals surface area contributed by atoms with Gasteiger partial charge in [0.2, 0.25) is 0 Å². The molecule has 0 saturated carbocycles. The Labute approximate surface area is 193 Å². The number of hydrogen-bond donors (Lipinski definition) is 3. The number of hydrogen-bond acceptors (Lipinski definition) is 5. The molecule has 3 N–H and O–H groups in total. The summed E-state index contributed by atoms with van der Waals surface area (Å²) in [4.78, 5) is 8.78. The van der Waals surface area contributed by atoms with Crippen LogP contribution in [-0.2, 0) is 13.1 Å². The summed E-state index contributed by atoms with van der Waals surface area (Å²) < 4.78 is 10.8. The molecule has 160 valence electrons. The first kappa shape index (κ1) is 23.5. The van der Waals surface area contributed by atoms with E-state index in [0.29, 0.717) is 37.3 Å². The Morgan fingerprint density at radius 2 is 1.80 bits per heavy atom. The Morgan fingerprint density at radius 3 is 2.50 bits per heavy atom. The van der Waals surface area contributed by atoms with E-state index in [1.807, 2.05) is 55.5 Å². The molecule has 0 fully saturated rings. The molecule has 3 aromatic rings. The van der Waals surface area contributed by atoms with Crippen molar-refractivity contribution in [2.24, 2.45) is 4.99 Å². The van der Waals surface area contributed by atoms with E-state index in [-0.39, 0.29) is 24.0 Å². The number of nitrogens with one attached hydrogen (secondary N) is 3. The summed E-state index contributed by atoms with van der Waals surface area (Å²) in [6.07, 6.45) is 0. The van der Waals surface area contributed by atoms with Crippen LogP contribution in [0.1, 0.15) is 18.3 Å². The minimum atomic E-state index is 0. The first-order valence-corrected chi connectivity index (χ1v) is 9.44. The summed E-state index contributed by atoms with van der Waals surface area (Å²) in [5.74, 6) is 3.69. The molecule has 0 aliphatic carbocycles. The van der Waals surface area contributed by atoms with Gasteiger partial charge in [-0.15, -0.1) is 24.0 Å². The fourth-order valence-electron chi connectivity index (χ4n) is 2.76. The number of guanidine groups is 1. The van der Waals surface area contributed by atoms with Crippen LogP contribution in [0, 0.1) is 0 Å². The van der Waals surface area contributed by atoms with E-state index in [0.717, 1.165) is 22.6 Å². The lowest BCUT2D eigenvalue weighted by atomic mass is 10.2. The van der Waals surface area contributed by atoms with Crippen molar-refractivity contribution >= 4 is 29.9 Å². The molecule has 9 heteroatoms. The monoisotopic (exact) mass is 522 g/mol. The molecular formula is C21H27IN6O2. The number of halogens is 1. The largest absolute Gasteiger partial charge is 0.497 e. The first-order valence-electron chi connectivity index (χ1n) is 9.44. The number of aromatic nitrogens is 3. The van der Waals surface area contributed by atoms with E-state index in [4.69, 9.17) is 9.47 Å². The van der Waals surface area contributed by atoms with Gasteiger partial charge in [0.25, 0.3) is 0 Å². The number of rotatable bonds is 8. The van der Waals surface area contributed by atoms with Crippen molar-refractivity contribution in [3.05, 3.63) is 59.9 Å². The van der Waals surface area contributed by atoms with Crippen LogP contribution in [0.4, 0.5) is 0 Å². The average Bonchev–Trinajstić information content (AvgIpc) is 3.24. The third kappa shape index (κ3) is 6.34. The maximum Gasteiger partial charge on any atom is 0.191 e. The van der Waals surface area contributed by atoms with Gasteiger partial charge in [-0.25, -0.2) is 4.98 Å². The maximum absolute atomic E-state index is 5.66. The lowest BCUT2D eigenvalue weighted by Gasteiger charge is -2.13. The summed E-state index contributed by atoms with van der Waals surface area (Å²) in [6, 6.07) is 15.6. The van der Waals surface area contributed by atoms with Crippen molar-refractivity contribution in [2.75, 3.05) is 20.8 Å². The van der Waals surface area contributed by atoms with Crippen molar-refractivity contribution in [2.45, 2.75) is 20.0 Å². The summed E-state index contributed by atoms with van der Waals surface area (Å²) in [7, 11) is 3.37. The molecule has 0 aliphatic rings. The molecule has 0 bridgehead atoms. The molecule has 3 rings (SSSR count). The van der Waals surface area contributed by atoms with Crippen LogP contribution in [-0.4, -0.2) is 41.9 Å². The van der Waals surface area contributed by atoms with Crippen LogP contribution in [0.25, 0.3) is 11.4 Å². The van der Waals surface area contributed by atoms with E-state index in [9.17, 15) is 0 Å². The highest BCUT2D eigenvalue weighted by atomic mass is 127. The number of benzene rings is 2. The quantitative estimate of drug-likeness (QED) is 0.239. The lowest BCUT2D eigenvalue weighted by molar-refractivity contribution is 0.336. The average molecular weight is 522 g/mol. The molecule has 0 saturated heterocycles. The van der Waals surface area contributed by atoms with Crippen molar-refractivity contribution in [1.29, 1.82) is 0 Å². The molecule has 0 unspecified atom stereocenters. The fraction of sp³-hybridized carbons (Fsp3) is 0.286. The molecule has 0 atom stereocenters. The second-order valence-corrected chi connectivity index (χ2v) is 6.15. The Kier molecular flexibility index (Phi) is 9.39. The van der Waals surface area contributed by atoms with Crippen LogP contribution >= 0.6 is 24.0 Å². The number of ether oxygens (including phenoxy) is 2. The summed E-state index contributed by atoms with van der Waals surface area (Å²) in [6.45, 7) is 3.67. The zero-order chi connectivity index (χ0) is 20.5. The van der Waals surface area contributed by atoms with Crippen molar-refractivity contribution < 1.29 is 9.47 Å². The summed E-state index contributed by atoms with van der Waals surface area (Å²) in [5.41, 5.74) is 1.99. The number of H-pyrrole nitrogens is 1. The SMILES string of the molecule is CCOc1ccccc1CNC(=NC)NCc1nc(-c2ccc(OC)cc2)n[nH]1.I. The molecule has 8 nitrogen and oxygen atoms in total. The number of methoxy groups -OCH3 is 1. The van der Waals surface area contributed by atoms with Crippen molar-refractivity contribution in [1.82, 2.24) is 25.8 Å². The van der Waals surface area contributed by atoms with Gasteiger partial charge in [-0.1, -0.05) is 18.2 Å². The number of para-hydroxylation sites is 1. The minimum Gasteiger partial charge on any atom is -0.497 e. The molecule has 0 aliphatic heterocycles. The van der Waals surface area contributed by atoms with Gasteiger partial charge < -0.3 is 20.1 Å². The predicted molar refractivity (Wildman–Crippen MR) is 128 cm³/mol. The van der Waals surface area contributed by atoms with Gasteiger partial charge >= 0.3 is 0 Å². The van der Waals surface area contributed by atoms with Gasteiger partial charge in [0.05, 0.1) is 20.3 Å². The van der Waals surface area contributed by atoms with Crippen LogP contribution < -0.4 is 20.1 Å². The molecule has 0 radical (unpaired) electrons. The van der Waals surface area contributed by atoms with Gasteiger partial charge in [-0.3, -0.25) is 10.1 Å². The molecule has 30 heavy (non-hydrogen) atoms. The highest BCUT2D eigenvalue weighted by Crippen LogP contribution is 2.19. The number of aromatic amines is 1. The smallest absolute Gasteiger partial charge is 0.191 e. The zero-order valence-electron chi connectivity index (χ0n) is 17.3. The second kappa shape index (κ2) is 12.0. The Balaban J connectivity index is 0.00000320. The third-order valence-electron chi connectivity index (χ3n) is 4.25. The Morgan fingerprint density at radius 1 is 1.07 bits per heavy atom. The summed E-state index contributed by atoms with van der Waals surface area (Å²) in [5, 5.41) is 13.8.